The van der Waals surface area contributed by atoms with Gasteiger partial charge in [-0.25, -0.2) is 0 Å². The van der Waals surface area contributed by atoms with Gasteiger partial charge < -0.3 is 14.8 Å². The zero-order chi connectivity index (χ0) is 20.9. The molecule has 0 saturated heterocycles. The fraction of sp³-hybridized carbons (Fsp3) is 0.227. The number of rotatable bonds is 8. The normalized spacial score (nSPS) is 13.1. The SMILES string of the molecule is C=CCn1c(SCC(=O)NC(C)c2ccc3c(c2)OCO3)nnc1-c1ccccc1. The molecule has 0 bridgehead atoms. The third-order valence-corrected chi connectivity index (χ3v) is 5.63. The van der Waals surface area contributed by atoms with Gasteiger partial charge >= 0.3 is 0 Å². The van der Waals surface area contributed by atoms with E-state index < -0.39 is 0 Å². The standard InChI is InChI=1S/C22H22N4O3S/c1-3-11-26-21(16-7-5-4-6-8-16)24-25-22(26)30-13-20(27)23-15(2)17-9-10-18-19(12-17)29-14-28-18/h3-10,12,15H,1,11,13-14H2,2H3,(H,23,27). The molecule has 0 spiro atoms. The molecule has 0 radical (unpaired) electrons. The van der Waals surface area contributed by atoms with E-state index in [4.69, 9.17) is 9.47 Å². The van der Waals surface area contributed by atoms with Gasteiger partial charge in [-0.15, -0.1) is 16.8 Å². The molecule has 0 aliphatic carbocycles. The van der Waals surface area contributed by atoms with E-state index in [-0.39, 0.29) is 24.5 Å². The van der Waals surface area contributed by atoms with E-state index in [0.29, 0.717) is 17.5 Å². The first-order valence-electron chi connectivity index (χ1n) is 9.57. The lowest BCUT2D eigenvalue weighted by Gasteiger charge is -2.15. The van der Waals surface area contributed by atoms with Crippen LogP contribution in [0.5, 0.6) is 11.5 Å². The predicted octanol–water partition coefficient (Wildman–Crippen LogP) is 3.83. The van der Waals surface area contributed by atoms with E-state index >= 15 is 0 Å². The Morgan fingerprint density at radius 2 is 2.03 bits per heavy atom. The fourth-order valence-corrected chi connectivity index (χ4v) is 3.93. The largest absolute Gasteiger partial charge is 0.454 e. The first kappa shape index (κ1) is 20.0. The van der Waals surface area contributed by atoms with Gasteiger partial charge in [0, 0.05) is 12.1 Å². The van der Waals surface area contributed by atoms with Gasteiger partial charge in [0.15, 0.2) is 22.5 Å². The van der Waals surface area contributed by atoms with Crippen LogP contribution >= 0.6 is 11.8 Å². The minimum Gasteiger partial charge on any atom is -0.454 e. The molecule has 1 amide bonds. The van der Waals surface area contributed by atoms with E-state index in [0.717, 1.165) is 22.7 Å². The molecular weight excluding hydrogens is 400 g/mol. The number of carbonyl (C=O) groups is 1. The molecular formula is C22H22N4O3S. The number of benzene rings is 2. The summed E-state index contributed by atoms with van der Waals surface area (Å²) in [5.41, 5.74) is 1.93. The molecule has 154 valence electrons. The third-order valence-electron chi connectivity index (χ3n) is 4.67. The second kappa shape index (κ2) is 9.04. The molecule has 8 heteroatoms. The highest BCUT2D eigenvalue weighted by atomic mass is 32.2. The van der Waals surface area contributed by atoms with Crippen molar-refractivity contribution in [2.75, 3.05) is 12.5 Å². The highest BCUT2D eigenvalue weighted by Gasteiger charge is 2.18. The highest BCUT2D eigenvalue weighted by Crippen LogP contribution is 2.34. The highest BCUT2D eigenvalue weighted by molar-refractivity contribution is 7.99. The number of nitrogens with one attached hydrogen (secondary N) is 1. The maximum atomic E-state index is 12.5. The smallest absolute Gasteiger partial charge is 0.231 e. The number of fused-ring (bicyclic) bond motifs is 1. The van der Waals surface area contributed by atoms with Gasteiger partial charge in [-0.3, -0.25) is 9.36 Å². The van der Waals surface area contributed by atoms with E-state index in [2.05, 4.69) is 22.1 Å². The van der Waals surface area contributed by atoms with Gasteiger partial charge in [0.2, 0.25) is 12.7 Å². The van der Waals surface area contributed by atoms with E-state index in [1.165, 1.54) is 11.8 Å². The predicted molar refractivity (Wildman–Crippen MR) is 116 cm³/mol. The number of aromatic nitrogens is 3. The molecule has 1 aliphatic heterocycles. The summed E-state index contributed by atoms with van der Waals surface area (Å²) < 4.78 is 12.7. The van der Waals surface area contributed by atoms with Crippen molar-refractivity contribution in [2.45, 2.75) is 24.7 Å². The molecule has 0 saturated carbocycles. The van der Waals surface area contributed by atoms with Crippen molar-refractivity contribution in [3.63, 3.8) is 0 Å². The monoisotopic (exact) mass is 422 g/mol. The van der Waals surface area contributed by atoms with Crippen molar-refractivity contribution in [3.05, 3.63) is 66.7 Å². The second-order valence-corrected chi connectivity index (χ2v) is 7.70. The quantitative estimate of drug-likeness (QED) is 0.439. The minimum atomic E-state index is -0.154. The minimum absolute atomic E-state index is 0.0837. The van der Waals surface area contributed by atoms with Crippen LogP contribution in [0.4, 0.5) is 0 Å². The van der Waals surface area contributed by atoms with Crippen LogP contribution in [0.1, 0.15) is 18.5 Å². The number of carbonyl (C=O) groups excluding carboxylic acids is 1. The first-order valence-corrected chi connectivity index (χ1v) is 10.6. The second-order valence-electron chi connectivity index (χ2n) is 6.76. The Morgan fingerprint density at radius 1 is 1.23 bits per heavy atom. The van der Waals surface area contributed by atoms with Gasteiger partial charge in [0.05, 0.1) is 11.8 Å². The van der Waals surface area contributed by atoms with Crippen LogP contribution < -0.4 is 14.8 Å². The molecule has 3 aromatic rings. The summed E-state index contributed by atoms with van der Waals surface area (Å²) in [5.74, 6) is 2.34. The van der Waals surface area contributed by atoms with Crippen molar-refractivity contribution >= 4 is 17.7 Å². The average Bonchev–Trinajstić information content (AvgIpc) is 3.39. The van der Waals surface area contributed by atoms with E-state index in [1.807, 2.05) is 60.0 Å². The molecule has 1 aromatic heterocycles. The van der Waals surface area contributed by atoms with Crippen molar-refractivity contribution in [1.82, 2.24) is 20.1 Å². The van der Waals surface area contributed by atoms with Crippen LogP contribution in [0, 0.1) is 0 Å². The lowest BCUT2D eigenvalue weighted by Crippen LogP contribution is -2.28. The van der Waals surface area contributed by atoms with E-state index in [1.54, 1.807) is 6.08 Å². The van der Waals surface area contributed by atoms with Gasteiger partial charge in [-0.05, 0) is 24.6 Å². The van der Waals surface area contributed by atoms with Crippen LogP contribution in [0.15, 0.2) is 66.3 Å². The van der Waals surface area contributed by atoms with E-state index in [9.17, 15) is 4.79 Å². The lowest BCUT2D eigenvalue weighted by molar-refractivity contribution is -0.119. The maximum Gasteiger partial charge on any atom is 0.231 e. The summed E-state index contributed by atoms with van der Waals surface area (Å²) in [5, 5.41) is 12.3. The number of allylic oxidation sites excluding steroid dienone is 1. The topological polar surface area (TPSA) is 78.3 Å². The van der Waals surface area contributed by atoms with Crippen LogP contribution in [0.3, 0.4) is 0 Å². The third kappa shape index (κ3) is 4.33. The zero-order valence-electron chi connectivity index (χ0n) is 16.6. The van der Waals surface area contributed by atoms with Crippen LogP contribution in [-0.4, -0.2) is 33.2 Å². The van der Waals surface area contributed by atoms with Crippen LogP contribution in [-0.2, 0) is 11.3 Å². The van der Waals surface area contributed by atoms with Crippen molar-refractivity contribution < 1.29 is 14.3 Å². The molecule has 1 N–H and O–H groups in total. The number of hydrogen-bond acceptors (Lipinski definition) is 6. The molecule has 7 nitrogen and oxygen atoms in total. The molecule has 1 atom stereocenters. The van der Waals surface area contributed by atoms with Crippen molar-refractivity contribution in [1.29, 1.82) is 0 Å². The molecule has 1 aliphatic rings. The Kier molecular flexibility index (Phi) is 6.04. The van der Waals surface area contributed by atoms with Gasteiger partial charge in [0.25, 0.3) is 0 Å². The summed E-state index contributed by atoms with van der Waals surface area (Å²) >= 11 is 1.35. The molecule has 2 heterocycles. The Morgan fingerprint density at radius 3 is 2.83 bits per heavy atom. The number of hydrogen-bond donors (Lipinski definition) is 1. The average molecular weight is 423 g/mol. The summed E-state index contributed by atoms with van der Waals surface area (Å²) in [6, 6.07) is 15.4. The molecule has 2 aromatic carbocycles. The first-order chi connectivity index (χ1) is 14.7. The van der Waals surface area contributed by atoms with Gasteiger partial charge in [-0.1, -0.05) is 54.2 Å². The Labute approximate surface area is 179 Å². The number of nitrogens with zero attached hydrogens (tertiary/aromatic N) is 3. The number of amides is 1. The molecule has 30 heavy (non-hydrogen) atoms. The van der Waals surface area contributed by atoms with Gasteiger partial charge in [-0.2, -0.15) is 0 Å². The lowest BCUT2D eigenvalue weighted by atomic mass is 10.1. The van der Waals surface area contributed by atoms with Crippen molar-refractivity contribution in [3.8, 4) is 22.9 Å². The summed E-state index contributed by atoms with van der Waals surface area (Å²) in [6.45, 7) is 6.55. The Bertz CT molecular complexity index is 1050. The number of thioether (sulfide) groups is 1. The number of ether oxygens (including phenoxy) is 2. The van der Waals surface area contributed by atoms with Gasteiger partial charge in [0.1, 0.15) is 0 Å². The Balaban J connectivity index is 1.40. The zero-order valence-corrected chi connectivity index (χ0v) is 17.4. The Hall–Kier alpha value is -3.26. The van der Waals surface area contributed by atoms with Crippen molar-refractivity contribution in [2.24, 2.45) is 0 Å². The molecule has 4 rings (SSSR count). The molecule has 0 fully saturated rings. The van der Waals surface area contributed by atoms with Crippen LogP contribution in [0.2, 0.25) is 0 Å². The summed E-state index contributed by atoms with van der Waals surface area (Å²) in [6.07, 6.45) is 1.79. The maximum absolute atomic E-state index is 12.5. The fourth-order valence-electron chi connectivity index (χ4n) is 3.17. The summed E-state index contributed by atoms with van der Waals surface area (Å²) in [7, 11) is 0. The molecule has 1 unspecified atom stereocenters. The van der Waals surface area contributed by atoms with Crippen LogP contribution in [0.25, 0.3) is 11.4 Å². The summed E-state index contributed by atoms with van der Waals surface area (Å²) in [4.78, 5) is 12.5.